The van der Waals surface area contributed by atoms with Gasteiger partial charge in [-0.1, -0.05) is 60.7 Å². The van der Waals surface area contributed by atoms with Crippen molar-refractivity contribution in [1.29, 1.82) is 0 Å². The number of rotatable bonds is 19. The van der Waals surface area contributed by atoms with Gasteiger partial charge in [-0.05, 0) is 11.1 Å². The summed E-state index contributed by atoms with van der Waals surface area (Å²) in [5.74, 6) is -1.57. The number of guanidine groups is 1. The monoisotopic (exact) mass is 623 g/mol. The number of ether oxygens (including phenoxy) is 4. The molecular weight excluding hydrogens is 585 g/mol. The van der Waals surface area contributed by atoms with Crippen molar-refractivity contribution in [3.63, 3.8) is 0 Å². The minimum absolute atomic E-state index is 0.0947. The highest BCUT2D eigenvalue weighted by atomic mass is 31.2. The zero-order chi connectivity index (χ0) is 31.3. The SMILES string of the molecule is CN(CC(=O)O)C(N)=NP(=O)(OCCCOC(=O)OCCc1ccccc1)OCCCOC(=O)OCCc1ccccc1. The number of likely N-dealkylation sites (N-methyl/N-ethyl adjacent to an activating group) is 1. The molecule has 0 aromatic heterocycles. The molecule has 0 saturated carbocycles. The highest BCUT2D eigenvalue weighted by Gasteiger charge is 2.26. The summed E-state index contributed by atoms with van der Waals surface area (Å²) in [5, 5.41) is 8.96. The van der Waals surface area contributed by atoms with Crippen LogP contribution >= 0.6 is 7.75 Å². The van der Waals surface area contributed by atoms with Gasteiger partial charge in [0.1, 0.15) is 6.54 Å². The minimum Gasteiger partial charge on any atom is -0.480 e. The maximum absolute atomic E-state index is 13.2. The number of carboxylic acid groups (broad SMARTS) is 1. The fraction of sp³-hybridized carbons (Fsp3) is 0.429. The zero-order valence-electron chi connectivity index (χ0n) is 24.0. The van der Waals surface area contributed by atoms with Crippen LogP contribution in [-0.2, 0) is 50.2 Å². The molecule has 0 unspecified atom stereocenters. The first-order valence-electron chi connectivity index (χ1n) is 13.5. The normalized spacial score (nSPS) is 11.4. The van der Waals surface area contributed by atoms with Crippen LogP contribution in [0.3, 0.4) is 0 Å². The van der Waals surface area contributed by atoms with Crippen LogP contribution in [0.4, 0.5) is 9.59 Å². The molecule has 0 amide bonds. The van der Waals surface area contributed by atoms with Crippen LogP contribution in [0, 0.1) is 0 Å². The quantitative estimate of drug-likeness (QED) is 0.0752. The fourth-order valence-electron chi connectivity index (χ4n) is 3.25. The van der Waals surface area contributed by atoms with Gasteiger partial charge in [0.25, 0.3) is 0 Å². The highest BCUT2D eigenvalue weighted by Crippen LogP contribution is 2.50. The van der Waals surface area contributed by atoms with Crippen LogP contribution in [-0.4, -0.2) is 87.5 Å². The summed E-state index contributed by atoms with van der Waals surface area (Å²) in [7, 11) is -2.88. The smallest absolute Gasteiger partial charge is 0.480 e. The molecule has 14 nitrogen and oxygen atoms in total. The molecule has 0 aliphatic rings. The Morgan fingerprint density at radius 2 is 1.16 bits per heavy atom. The summed E-state index contributed by atoms with van der Waals surface area (Å²) in [6.45, 7) is -0.790. The topological polar surface area (TPSA) is 186 Å². The zero-order valence-corrected chi connectivity index (χ0v) is 24.9. The van der Waals surface area contributed by atoms with Gasteiger partial charge in [-0.15, -0.1) is 4.76 Å². The lowest BCUT2D eigenvalue weighted by atomic mass is 10.2. The summed E-state index contributed by atoms with van der Waals surface area (Å²) in [4.78, 5) is 35.6. The molecule has 0 radical (unpaired) electrons. The molecule has 236 valence electrons. The largest absolute Gasteiger partial charge is 0.508 e. The van der Waals surface area contributed by atoms with Gasteiger partial charge < -0.3 is 34.7 Å². The second kappa shape index (κ2) is 19.9. The number of aliphatic carboxylic acids is 1. The van der Waals surface area contributed by atoms with Crippen LogP contribution in [0.5, 0.6) is 0 Å². The maximum Gasteiger partial charge on any atom is 0.508 e. The fourth-order valence-corrected chi connectivity index (χ4v) is 4.56. The molecule has 3 N–H and O–H groups in total. The Bertz CT molecular complexity index is 1130. The first kappa shape index (κ1) is 35.1. The number of hydrogen-bond donors (Lipinski definition) is 2. The molecule has 0 fully saturated rings. The molecule has 0 heterocycles. The summed E-state index contributed by atoms with van der Waals surface area (Å²) >= 11 is 0. The summed E-state index contributed by atoms with van der Waals surface area (Å²) in [6.07, 6.45) is -0.386. The van der Waals surface area contributed by atoms with Crippen molar-refractivity contribution in [3.05, 3.63) is 71.8 Å². The molecule has 0 spiro atoms. The van der Waals surface area contributed by atoms with Crippen LogP contribution in [0.25, 0.3) is 0 Å². The van der Waals surface area contributed by atoms with Gasteiger partial charge in [0, 0.05) is 32.7 Å². The van der Waals surface area contributed by atoms with Gasteiger partial charge in [-0.25, -0.2) is 14.2 Å². The van der Waals surface area contributed by atoms with Crippen molar-refractivity contribution in [2.75, 3.05) is 53.2 Å². The minimum atomic E-state index is -4.22. The number of nitrogens with zero attached hydrogens (tertiary/aromatic N) is 2. The second-order valence-electron chi connectivity index (χ2n) is 8.92. The van der Waals surface area contributed by atoms with Crippen LogP contribution in [0.1, 0.15) is 24.0 Å². The van der Waals surface area contributed by atoms with Crippen LogP contribution in [0.15, 0.2) is 65.4 Å². The Balaban J connectivity index is 1.72. The lowest BCUT2D eigenvalue weighted by Crippen LogP contribution is -2.37. The third-order valence-corrected chi connectivity index (χ3v) is 6.89. The number of nitrogens with two attached hydrogens (primary N) is 1. The van der Waals surface area contributed by atoms with E-state index in [0.29, 0.717) is 12.8 Å². The van der Waals surface area contributed by atoms with E-state index in [1.165, 1.54) is 7.05 Å². The third-order valence-electron chi connectivity index (χ3n) is 5.42. The molecule has 15 heteroatoms. The van der Waals surface area contributed by atoms with E-state index >= 15 is 0 Å². The molecule has 0 atom stereocenters. The number of benzene rings is 2. The lowest BCUT2D eigenvalue weighted by molar-refractivity contribution is -0.137. The standard InChI is InChI=1S/C28H38N3O11P/c1-31(22-25(32)33)26(29)30-43(36,41-18-8-16-37-27(34)39-20-14-23-10-4-2-5-11-23)42-19-9-17-38-28(35)40-21-15-24-12-6-3-7-13-24/h2-7,10-13H,8-9,14-22H2,1H3,(H,32,33)(H2,29,30,36). The molecule has 2 rings (SSSR count). The summed E-state index contributed by atoms with van der Waals surface area (Å²) in [5.41, 5.74) is 7.80. The van der Waals surface area contributed by atoms with Gasteiger partial charge in [0.15, 0.2) is 0 Å². The molecule has 2 aromatic rings. The molecular formula is C28H38N3O11P. The molecule has 43 heavy (non-hydrogen) atoms. The Hall–Kier alpha value is -4.13. The van der Waals surface area contributed by atoms with Crippen molar-refractivity contribution >= 4 is 32.0 Å². The number of carbonyl (C=O) groups is 3. The molecule has 0 saturated heterocycles. The first-order chi connectivity index (χ1) is 20.7. The molecule has 0 aliphatic carbocycles. The van der Waals surface area contributed by atoms with E-state index in [0.717, 1.165) is 16.0 Å². The van der Waals surface area contributed by atoms with Crippen molar-refractivity contribution in [2.24, 2.45) is 10.5 Å². The van der Waals surface area contributed by atoms with E-state index < -0.39 is 32.6 Å². The van der Waals surface area contributed by atoms with Gasteiger partial charge in [0.2, 0.25) is 5.96 Å². The Morgan fingerprint density at radius 3 is 1.58 bits per heavy atom. The summed E-state index contributed by atoms with van der Waals surface area (Å²) in [6, 6.07) is 19.0. The summed E-state index contributed by atoms with van der Waals surface area (Å²) < 4.78 is 47.6. The maximum atomic E-state index is 13.2. The van der Waals surface area contributed by atoms with Gasteiger partial charge >= 0.3 is 26.0 Å². The average Bonchev–Trinajstić information content (AvgIpc) is 2.97. The van der Waals surface area contributed by atoms with E-state index in [9.17, 15) is 18.9 Å². The Kier molecular flexibility index (Phi) is 16.2. The van der Waals surface area contributed by atoms with E-state index in [4.69, 9.17) is 38.8 Å². The molecule has 0 bridgehead atoms. The van der Waals surface area contributed by atoms with Crippen molar-refractivity contribution in [2.45, 2.75) is 25.7 Å². The Labute approximate surface area is 250 Å². The van der Waals surface area contributed by atoms with E-state index in [2.05, 4.69) is 4.76 Å². The second-order valence-corrected chi connectivity index (χ2v) is 10.6. The van der Waals surface area contributed by atoms with E-state index in [-0.39, 0.29) is 58.4 Å². The highest BCUT2D eigenvalue weighted by molar-refractivity contribution is 7.52. The van der Waals surface area contributed by atoms with Crippen molar-refractivity contribution in [3.8, 4) is 0 Å². The van der Waals surface area contributed by atoms with Gasteiger partial charge in [0.05, 0.1) is 39.6 Å². The van der Waals surface area contributed by atoms with Gasteiger partial charge in [-0.2, -0.15) is 0 Å². The molecule has 0 aliphatic heterocycles. The van der Waals surface area contributed by atoms with E-state index in [1.807, 2.05) is 60.7 Å². The third kappa shape index (κ3) is 16.2. The van der Waals surface area contributed by atoms with Crippen LogP contribution < -0.4 is 5.73 Å². The number of carbonyl (C=O) groups excluding carboxylic acids is 2. The lowest BCUT2D eigenvalue weighted by Gasteiger charge is -2.19. The number of carboxylic acids is 1. The first-order valence-corrected chi connectivity index (χ1v) is 15.0. The van der Waals surface area contributed by atoms with Crippen molar-refractivity contribution in [1.82, 2.24) is 4.90 Å². The van der Waals surface area contributed by atoms with E-state index in [1.54, 1.807) is 0 Å². The molecule has 2 aromatic carbocycles. The number of hydrogen-bond acceptors (Lipinski definition) is 10. The van der Waals surface area contributed by atoms with Crippen LogP contribution in [0.2, 0.25) is 0 Å². The van der Waals surface area contributed by atoms with Crippen molar-refractivity contribution < 1.29 is 52.1 Å². The Morgan fingerprint density at radius 1 is 0.744 bits per heavy atom. The predicted molar refractivity (Wildman–Crippen MR) is 156 cm³/mol. The average molecular weight is 624 g/mol. The van der Waals surface area contributed by atoms with Gasteiger partial charge in [-0.3, -0.25) is 13.8 Å². The predicted octanol–water partition coefficient (Wildman–Crippen LogP) is 4.03.